The van der Waals surface area contributed by atoms with Crippen LogP contribution in [0.1, 0.15) is 35.5 Å². The molecule has 2 rings (SSSR count). The van der Waals surface area contributed by atoms with Crippen LogP contribution in [0.2, 0.25) is 5.02 Å². The maximum absolute atomic E-state index is 13.4. The molecule has 0 amide bonds. The van der Waals surface area contributed by atoms with Crippen molar-refractivity contribution in [3.05, 3.63) is 57.6 Å². The molecule has 2 nitrogen and oxygen atoms in total. The summed E-state index contributed by atoms with van der Waals surface area (Å²) < 4.78 is 13.4. The van der Waals surface area contributed by atoms with Gasteiger partial charge in [0.15, 0.2) is 0 Å². The van der Waals surface area contributed by atoms with Crippen molar-refractivity contribution in [2.45, 2.75) is 33.7 Å². The molecule has 1 heterocycles. The number of aromatic nitrogens is 1. The van der Waals surface area contributed by atoms with Crippen molar-refractivity contribution in [3.8, 4) is 0 Å². The van der Waals surface area contributed by atoms with Crippen molar-refractivity contribution in [2.75, 3.05) is 5.32 Å². The Bertz CT molecular complexity index is 597. The summed E-state index contributed by atoms with van der Waals surface area (Å²) in [5, 5.41) is 3.66. The van der Waals surface area contributed by atoms with Crippen molar-refractivity contribution < 1.29 is 4.39 Å². The van der Waals surface area contributed by atoms with E-state index in [4.69, 9.17) is 11.6 Å². The van der Waals surface area contributed by atoms with E-state index in [1.54, 1.807) is 6.07 Å². The fourth-order valence-corrected chi connectivity index (χ4v) is 2.87. The first kappa shape index (κ1) is 14.8. The lowest BCUT2D eigenvalue weighted by atomic mass is 10.00. The van der Waals surface area contributed by atoms with Gasteiger partial charge in [-0.15, -0.1) is 0 Å². The zero-order chi connectivity index (χ0) is 14.9. The number of anilines is 1. The molecule has 2 aromatic rings. The molecule has 0 saturated carbocycles. The third-order valence-electron chi connectivity index (χ3n) is 3.26. The average Bonchev–Trinajstić information content (AvgIpc) is 2.25. The maximum Gasteiger partial charge on any atom is 0.126 e. The molecule has 0 spiro atoms. The van der Waals surface area contributed by atoms with Crippen molar-refractivity contribution in [3.63, 3.8) is 0 Å². The Hall–Kier alpha value is -1.61. The molecule has 0 aliphatic rings. The van der Waals surface area contributed by atoms with Gasteiger partial charge in [0.2, 0.25) is 0 Å². The molecule has 0 aliphatic heterocycles. The van der Waals surface area contributed by atoms with Crippen molar-refractivity contribution >= 4 is 17.3 Å². The topological polar surface area (TPSA) is 24.9 Å². The number of halogens is 2. The largest absolute Gasteiger partial charge is 0.378 e. The van der Waals surface area contributed by atoms with E-state index in [-0.39, 0.29) is 11.9 Å². The average molecular weight is 293 g/mol. The molecule has 4 heteroatoms. The van der Waals surface area contributed by atoms with Crippen molar-refractivity contribution in [1.29, 1.82) is 0 Å². The zero-order valence-corrected chi connectivity index (χ0v) is 12.8. The van der Waals surface area contributed by atoms with Gasteiger partial charge in [-0.25, -0.2) is 4.39 Å². The van der Waals surface area contributed by atoms with Gasteiger partial charge in [-0.2, -0.15) is 0 Å². The highest BCUT2D eigenvalue weighted by atomic mass is 35.5. The first-order chi connectivity index (χ1) is 9.36. The second kappa shape index (κ2) is 5.80. The SMILES string of the molecule is Cc1cc(C)c(C(C)Nc2cc(F)cc(Cl)c2)c(C)n1. The molecule has 1 atom stereocenters. The highest BCUT2D eigenvalue weighted by molar-refractivity contribution is 6.30. The number of hydrogen-bond acceptors (Lipinski definition) is 2. The van der Waals surface area contributed by atoms with Gasteiger partial charge in [0.1, 0.15) is 5.82 Å². The van der Waals surface area contributed by atoms with Gasteiger partial charge in [0.05, 0.1) is 6.04 Å². The summed E-state index contributed by atoms with van der Waals surface area (Å²) >= 11 is 5.87. The molecule has 1 aromatic heterocycles. The number of nitrogens with zero attached hydrogens (tertiary/aromatic N) is 1. The van der Waals surface area contributed by atoms with Crippen LogP contribution in [-0.2, 0) is 0 Å². The Morgan fingerprint density at radius 1 is 1.15 bits per heavy atom. The van der Waals surface area contributed by atoms with Gasteiger partial charge in [-0.1, -0.05) is 11.6 Å². The fourth-order valence-electron chi connectivity index (χ4n) is 2.65. The van der Waals surface area contributed by atoms with E-state index < -0.39 is 0 Å². The Labute approximate surface area is 124 Å². The molecule has 1 N–H and O–H groups in total. The second-order valence-electron chi connectivity index (χ2n) is 5.10. The Morgan fingerprint density at radius 2 is 1.85 bits per heavy atom. The smallest absolute Gasteiger partial charge is 0.126 e. The summed E-state index contributed by atoms with van der Waals surface area (Å²) in [5.74, 6) is -0.345. The number of aryl methyl sites for hydroxylation is 3. The van der Waals surface area contributed by atoms with E-state index >= 15 is 0 Å². The monoisotopic (exact) mass is 292 g/mol. The van der Waals surface area contributed by atoms with Crippen LogP contribution >= 0.6 is 11.6 Å². The van der Waals surface area contributed by atoms with E-state index in [2.05, 4.69) is 23.3 Å². The molecular weight excluding hydrogens is 275 g/mol. The Morgan fingerprint density at radius 3 is 2.45 bits per heavy atom. The first-order valence-corrected chi connectivity index (χ1v) is 6.92. The third-order valence-corrected chi connectivity index (χ3v) is 3.48. The van der Waals surface area contributed by atoms with Gasteiger partial charge in [0.25, 0.3) is 0 Å². The van der Waals surface area contributed by atoms with Crippen LogP contribution in [0.25, 0.3) is 0 Å². The van der Waals surface area contributed by atoms with Crippen LogP contribution in [0.3, 0.4) is 0 Å². The molecule has 1 unspecified atom stereocenters. The van der Waals surface area contributed by atoms with Gasteiger partial charge < -0.3 is 5.32 Å². The summed E-state index contributed by atoms with van der Waals surface area (Å²) in [6, 6.07) is 6.53. The molecular formula is C16H18ClFN2. The minimum atomic E-state index is -0.345. The van der Waals surface area contributed by atoms with E-state index in [0.29, 0.717) is 10.7 Å². The van der Waals surface area contributed by atoms with Gasteiger partial charge >= 0.3 is 0 Å². The van der Waals surface area contributed by atoms with E-state index in [1.165, 1.54) is 17.7 Å². The van der Waals surface area contributed by atoms with Crippen LogP contribution in [0.5, 0.6) is 0 Å². The lowest BCUT2D eigenvalue weighted by molar-refractivity contribution is 0.628. The number of hydrogen-bond donors (Lipinski definition) is 1. The minimum Gasteiger partial charge on any atom is -0.378 e. The molecule has 0 bridgehead atoms. The number of rotatable bonds is 3. The highest BCUT2D eigenvalue weighted by Crippen LogP contribution is 2.26. The lowest BCUT2D eigenvalue weighted by Crippen LogP contribution is -2.11. The van der Waals surface area contributed by atoms with Crippen LogP contribution in [0, 0.1) is 26.6 Å². The lowest BCUT2D eigenvalue weighted by Gasteiger charge is -2.20. The zero-order valence-electron chi connectivity index (χ0n) is 12.1. The van der Waals surface area contributed by atoms with Gasteiger partial charge in [-0.3, -0.25) is 4.98 Å². The Kier molecular flexibility index (Phi) is 4.29. The summed E-state index contributed by atoms with van der Waals surface area (Å²) in [5.41, 5.74) is 4.98. The molecule has 20 heavy (non-hydrogen) atoms. The molecule has 1 aromatic carbocycles. The predicted octanol–water partition coefficient (Wildman–Crippen LogP) is 4.97. The standard InChI is InChI=1S/C16H18ClFN2/c1-9-5-10(2)19-11(3)16(9)12(4)20-15-7-13(17)6-14(18)8-15/h5-8,12,20H,1-4H3. The summed E-state index contributed by atoms with van der Waals surface area (Å²) in [7, 11) is 0. The maximum atomic E-state index is 13.4. The Balaban J connectivity index is 2.30. The van der Waals surface area contributed by atoms with E-state index in [0.717, 1.165) is 17.0 Å². The number of pyridine rings is 1. The van der Waals surface area contributed by atoms with Crippen molar-refractivity contribution in [2.24, 2.45) is 0 Å². The molecule has 106 valence electrons. The minimum absolute atomic E-state index is 0.0287. The van der Waals surface area contributed by atoms with E-state index in [1.807, 2.05) is 20.8 Å². The summed E-state index contributed by atoms with van der Waals surface area (Å²) in [6.45, 7) is 8.07. The number of nitrogens with one attached hydrogen (secondary N) is 1. The normalized spacial score (nSPS) is 12.3. The molecule has 0 saturated heterocycles. The molecule has 0 radical (unpaired) electrons. The van der Waals surface area contributed by atoms with Gasteiger partial charge in [0, 0.05) is 22.1 Å². The fraction of sp³-hybridized carbons (Fsp3) is 0.312. The molecule has 0 fully saturated rings. The van der Waals surface area contributed by atoms with Crippen LogP contribution in [0.4, 0.5) is 10.1 Å². The quantitative estimate of drug-likeness (QED) is 0.863. The van der Waals surface area contributed by atoms with Crippen LogP contribution in [0.15, 0.2) is 24.3 Å². The second-order valence-corrected chi connectivity index (χ2v) is 5.54. The molecule has 0 aliphatic carbocycles. The predicted molar refractivity (Wildman–Crippen MR) is 81.9 cm³/mol. The third kappa shape index (κ3) is 3.28. The first-order valence-electron chi connectivity index (χ1n) is 6.54. The van der Waals surface area contributed by atoms with Crippen LogP contribution < -0.4 is 5.32 Å². The summed E-state index contributed by atoms with van der Waals surface area (Å²) in [4.78, 5) is 4.49. The van der Waals surface area contributed by atoms with Crippen molar-refractivity contribution in [1.82, 2.24) is 4.98 Å². The van der Waals surface area contributed by atoms with Crippen LogP contribution in [-0.4, -0.2) is 4.98 Å². The number of benzene rings is 1. The van der Waals surface area contributed by atoms with Gasteiger partial charge in [-0.05, 0) is 63.1 Å². The summed E-state index contributed by atoms with van der Waals surface area (Å²) in [6.07, 6.45) is 0. The highest BCUT2D eigenvalue weighted by Gasteiger charge is 2.13. The van der Waals surface area contributed by atoms with E-state index in [9.17, 15) is 4.39 Å².